The lowest BCUT2D eigenvalue weighted by atomic mass is 10.0. The van der Waals surface area contributed by atoms with E-state index < -0.39 is 23.7 Å². The Bertz CT molecular complexity index is 432. The van der Waals surface area contributed by atoms with Crippen molar-refractivity contribution in [2.24, 2.45) is 10.8 Å². The van der Waals surface area contributed by atoms with E-state index >= 15 is 0 Å². The molecule has 8 heteroatoms. The molecule has 0 spiro atoms. The summed E-state index contributed by atoms with van der Waals surface area (Å²) in [6, 6.07) is -1.46. The smallest absolute Gasteiger partial charge is 0.422 e. The number of halogens is 3. The van der Waals surface area contributed by atoms with Gasteiger partial charge in [0.25, 0.3) is 0 Å². The number of carboxylic acid groups (broad SMARTS) is 1. The number of rotatable bonds is 3. The number of amides is 2. The maximum absolute atomic E-state index is 12.7. The second-order valence-electron chi connectivity index (χ2n) is 6.40. The molecule has 20 heavy (non-hydrogen) atoms. The minimum Gasteiger partial charge on any atom is -0.479 e. The fraction of sp³-hybridized carbons (Fsp3) is 0.833. The predicted octanol–water partition coefficient (Wildman–Crippen LogP) is 2.13. The molecule has 2 amide bonds. The third-order valence-corrected chi connectivity index (χ3v) is 4.65. The van der Waals surface area contributed by atoms with Crippen LogP contribution in [0.2, 0.25) is 0 Å². The second kappa shape index (κ2) is 4.26. The van der Waals surface area contributed by atoms with E-state index in [1.165, 1.54) is 5.32 Å². The van der Waals surface area contributed by atoms with Gasteiger partial charge in [-0.25, -0.2) is 9.59 Å². The average Bonchev–Trinajstić information content (AvgIpc) is 2.58. The summed E-state index contributed by atoms with van der Waals surface area (Å²) >= 11 is 0. The number of hydrogen-bond donors (Lipinski definition) is 3. The molecule has 0 radical (unpaired) electrons. The molecule has 0 heterocycles. The van der Waals surface area contributed by atoms with Crippen LogP contribution in [0.5, 0.6) is 0 Å². The summed E-state index contributed by atoms with van der Waals surface area (Å²) in [5, 5.41) is 12.6. The average molecular weight is 296 g/mol. The maximum atomic E-state index is 12.7. The Labute approximate surface area is 114 Å². The first kappa shape index (κ1) is 16.6. The summed E-state index contributed by atoms with van der Waals surface area (Å²) in [6.07, 6.45) is -5.09. The molecule has 0 aromatic heterocycles. The zero-order chi connectivity index (χ0) is 16.1. The van der Waals surface area contributed by atoms with E-state index in [0.717, 1.165) is 0 Å². The predicted molar refractivity (Wildman–Crippen MR) is 65.1 cm³/mol. The van der Waals surface area contributed by atoms with Crippen LogP contribution in [0.1, 0.15) is 34.6 Å². The van der Waals surface area contributed by atoms with Crippen molar-refractivity contribution in [2.45, 2.75) is 52.4 Å². The van der Waals surface area contributed by atoms with Gasteiger partial charge in [-0.05, 0) is 17.8 Å². The molecule has 0 aromatic carbocycles. The highest BCUT2D eigenvalue weighted by Crippen LogP contribution is 2.62. The van der Waals surface area contributed by atoms with E-state index in [9.17, 15) is 22.8 Å². The van der Waals surface area contributed by atoms with Gasteiger partial charge in [0.15, 0.2) is 0 Å². The van der Waals surface area contributed by atoms with Gasteiger partial charge in [-0.3, -0.25) is 0 Å². The molecule has 1 fully saturated rings. The van der Waals surface area contributed by atoms with Gasteiger partial charge >= 0.3 is 18.2 Å². The van der Waals surface area contributed by atoms with Crippen LogP contribution in [0.15, 0.2) is 0 Å². The number of hydrogen-bond acceptors (Lipinski definition) is 2. The fourth-order valence-corrected chi connectivity index (χ4v) is 2.20. The molecule has 5 nitrogen and oxygen atoms in total. The van der Waals surface area contributed by atoms with Crippen LogP contribution in [0.3, 0.4) is 0 Å². The number of carbonyl (C=O) groups is 2. The Hall–Kier alpha value is -1.47. The molecule has 0 aliphatic heterocycles. The van der Waals surface area contributed by atoms with Gasteiger partial charge in [-0.15, -0.1) is 0 Å². The lowest BCUT2D eigenvalue weighted by molar-refractivity contribution is -0.203. The van der Waals surface area contributed by atoms with Crippen LogP contribution < -0.4 is 10.6 Å². The number of nitrogens with one attached hydrogen (secondary N) is 2. The van der Waals surface area contributed by atoms with Gasteiger partial charge in [0.05, 0.1) is 0 Å². The molecule has 0 aromatic rings. The molecule has 3 N–H and O–H groups in total. The van der Waals surface area contributed by atoms with E-state index in [2.05, 4.69) is 5.32 Å². The Morgan fingerprint density at radius 2 is 1.50 bits per heavy atom. The van der Waals surface area contributed by atoms with Crippen LogP contribution in [-0.4, -0.2) is 34.9 Å². The standard InChI is InChI=1S/C12H19F3N2O3/c1-9(2)6(10(9,3)4)16-8(20)17-11(5,7(18)19)12(13,14)15/h6H,1-5H3,(H,18,19)(H2,16,17,20). The topological polar surface area (TPSA) is 78.4 Å². The normalized spacial score (nSPS) is 23.6. The molecule has 0 saturated heterocycles. The summed E-state index contributed by atoms with van der Waals surface area (Å²) < 4.78 is 38.2. The van der Waals surface area contributed by atoms with E-state index in [-0.39, 0.29) is 16.9 Å². The first-order valence-electron chi connectivity index (χ1n) is 6.06. The monoisotopic (exact) mass is 296 g/mol. The zero-order valence-corrected chi connectivity index (χ0v) is 12.0. The van der Waals surface area contributed by atoms with Crippen molar-refractivity contribution in [1.82, 2.24) is 10.6 Å². The van der Waals surface area contributed by atoms with Crippen LogP contribution in [0, 0.1) is 10.8 Å². The number of alkyl halides is 3. The number of urea groups is 1. The molecule has 1 saturated carbocycles. The summed E-state index contributed by atoms with van der Waals surface area (Å²) in [5.41, 5.74) is -3.84. The van der Waals surface area contributed by atoms with Crippen LogP contribution in [0.4, 0.5) is 18.0 Å². The zero-order valence-electron chi connectivity index (χ0n) is 12.0. The van der Waals surface area contributed by atoms with Crippen molar-refractivity contribution < 1.29 is 27.9 Å². The number of aliphatic carboxylic acids is 1. The first-order chi connectivity index (χ1) is 8.68. The highest BCUT2D eigenvalue weighted by atomic mass is 19.4. The van der Waals surface area contributed by atoms with Crippen molar-refractivity contribution >= 4 is 12.0 Å². The summed E-state index contributed by atoms with van der Waals surface area (Å²) in [6.45, 7) is 7.91. The Kier molecular flexibility index (Phi) is 3.53. The van der Waals surface area contributed by atoms with E-state index in [0.29, 0.717) is 6.92 Å². The molecule has 1 unspecified atom stereocenters. The van der Waals surface area contributed by atoms with Crippen molar-refractivity contribution in [2.75, 3.05) is 0 Å². The van der Waals surface area contributed by atoms with Gasteiger partial charge in [-0.2, -0.15) is 13.2 Å². The fourth-order valence-electron chi connectivity index (χ4n) is 2.20. The van der Waals surface area contributed by atoms with E-state index in [1.807, 2.05) is 27.7 Å². The summed E-state index contributed by atoms with van der Waals surface area (Å²) in [5.74, 6) is -2.16. The van der Waals surface area contributed by atoms with Gasteiger partial charge in [0.1, 0.15) is 0 Å². The van der Waals surface area contributed by atoms with Crippen molar-refractivity contribution in [3.63, 3.8) is 0 Å². The SMILES string of the molecule is CC(NC(=O)NC1C(C)(C)C1(C)C)(C(=O)O)C(F)(F)F. The highest BCUT2D eigenvalue weighted by Gasteiger charge is 2.66. The Balaban J connectivity index is 2.79. The van der Waals surface area contributed by atoms with Gasteiger partial charge < -0.3 is 15.7 Å². The van der Waals surface area contributed by atoms with Gasteiger partial charge in [-0.1, -0.05) is 27.7 Å². The van der Waals surface area contributed by atoms with Crippen molar-refractivity contribution in [1.29, 1.82) is 0 Å². The molecule has 116 valence electrons. The highest BCUT2D eigenvalue weighted by molar-refractivity contribution is 5.87. The van der Waals surface area contributed by atoms with Crippen molar-refractivity contribution in [3.8, 4) is 0 Å². The molecule has 1 aliphatic rings. The van der Waals surface area contributed by atoms with E-state index in [1.54, 1.807) is 0 Å². The van der Waals surface area contributed by atoms with Crippen LogP contribution in [0.25, 0.3) is 0 Å². The molecular formula is C12H19F3N2O3. The Morgan fingerprint density at radius 1 is 1.10 bits per heavy atom. The lowest BCUT2D eigenvalue weighted by Crippen LogP contribution is -2.64. The Morgan fingerprint density at radius 3 is 1.75 bits per heavy atom. The minimum atomic E-state index is -5.09. The number of carbonyl (C=O) groups excluding carboxylic acids is 1. The van der Waals surface area contributed by atoms with Crippen LogP contribution in [-0.2, 0) is 4.79 Å². The summed E-state index contributed by atoms with van der Waals surface area (Å²) in [4.78, 5) is 22.4. The van der Waals surface area contributed by atoms with Crippen molar-refractivity contribution in [3.05, 3.63) is 0 Å². The quantitative estimate of drug-likeness (QED) is 0.746. The number of carboxylic acids is 1. The molecular weight excluding hydrogens is 277 g/mol. The largest absolute Gasteiger partial charge is 0.479 e. The van der Waals surface area contributed by atoms with Gasteiger partial charge in [0, 0.05) is 6.04 Å². The molecule has 0 bridgehead atoms. The first-order valence-corrected chi connectivity index (χ1v) is 6.06. The molecule has 1 atom stereocenters. The van der Waals surface area contributed by atoms with Crippen LogP contribution >= 0.6 is 0 Å². The second-order valence-corrected chi connectivity index (χ2v) is 6.40. The molecule has 1 rings (SSSR count). The van der Waals surface area contributed by atoms with E-state index in [4.69, 9.17) is 5.11 Å². The lowest BCUT2D eigenvalue weighted by Gasteiger charge is -2.28. The third kappa shape index (κ3) is 2.31. The summed E-state index contributed by atoms with van der Waals surface area (Å²) in [7, 11) is 0. The minimum absolute atomic E-state index is 0.262. The van der Waals surface area contributed by atoms with Gasteiger partial charge in [0.2, 0.25) is 5.54 Å². The maximum Gasteiger partial charge on any atom is 0.422 e. The molecule has 1 aliphatic carbocycles. The third-order valence-electron chi connectivity index (χ3n) is 4.65.